The number of anilines is 1. The number of nitrogens with zero attached hydrogens (tertiary/aromatic N) is 3. The fraction of sp³-hybridized carbons (Fsp3) is 0.526. The third kappa shape index (κ3) is 3.37. The Kier molecular flexibility index (Phi) is 4.73. The Bertz CT molecular complexity index is 741. The summed E-state index contributed by atoms with van der Waals surface area (Å²) in [5.74, 6) is -0.363. The van der Waals surface area contributed by atoms with Gasteiger partial charge in [0.2, 0.25) is 17.7 Å². The normalized spacial score (nSPS) is 23.5. The second kappa shape index (κ2) is 7.02. The second-order valence-corrected chi connectivity index (χ2v) is 8.15. The monoisotopic (exact) mass is 419 g/mol. The molecule has 3 fully saturated rings. The number of piperazine rings is 1. The predicted molar refractivity (Wildman–Crippen MR) is 100 cm³/mol. The molecule has 4 rings (SSSR count). The minimum absolute atomic E-state index is 0.0917. The smallest absolute Gasteiger partial charge is 0.239 e. The molecular weight excluding hydrogens is 398 g/mol. The van der Waals surface area contributed by atoms with Gasteiger partial charge in [0.1, 0.15) is 5.92 Å². The molecule has 1 aliphatic carbocycles. The number of benzene rings is 1. The third-order valence-electron chi connectivity index (χ3n) is 5.45. The summed E-state index contributed by atoms with van der Waals surface area (Å²) >= 11 is 3.42. The molecule has 2 heterocycles. The first-order valence-corrected chi connectivity index (χ1v) is 9.98. The molecule has 1 saturated carbocycles. The van der Waals surface area contributed by atoms with Gasteiger partial charge in [-0.1, -0.05) is 22.0 Å². The maximum Gasteiger partial charge on any atom is 0.239 e. The van der Waals surface area contributed by atoms with E-state index in [1.165, 1.54) is 0 Å². The summed E-state index contributed by atoms with van der Waals surface area (Å²) in [6.45, 7) is 2.77. The largest absolute Gasteiger partial charge is 0.339 e. The molecule has 1 atom stereocenters. The summed E-state index contributed by atoms with van der Waals surface area (Å²) < 4.78 is 0.911. The van der Waals surface area contributed by atoms with Crippen molar-refractivity contribution in [1.29, 1.82) is 0 Å². The minimum atomic E-state index is -0.598. The molecule has 1 aromatic rings. The van der Waals surface area contributed by atoms with Crippen LogP contribution in [0.1, 0.15) is 19.3 Å². The van der Waals surface area contributed by atoms with Crippen LogP contribution in [0, 0.1) is 11.8 Å². The zero-order valence-corrected chi connectivity index (χ0v) is 16.2. The first kappa shape index (κ1) is 17.5. The van der Waals surface area contributed by atoms with E-state index in [9.17, 15) is 14.4 Å². The zero-order chi connectivity index (χ0) is 18.3. The van der Waals surface area contributed by atoms with E-state index in [0.717, 1.165) is 23.0 Å². The van der Waals surface area contributed by atoms with Crippen LogP contribution in [0.25, 0.3) is 0 Å². The van der Waals surface area contributed by atoms with Gasteiger partial charge in [-0.25, -0.2) is 0 Å². The SMILES string of the molecule is O=C(C1CC1)N1CCN(C(=O)C2CCN(c3cccc(Br)c3)C2=O)CC1. The molecule has 3 aliphatic rings. The number of halogens is 1. The lowest BCUT2D eigenvalue weighted by Gasteiger charge is -2.35. The third-order valence-corrected chi connectivity index (χ3v) is 5.95. The van der Waals surface area contributed by atoms with Crippen molar-refractivity contribution in [3.63, 3.8) is 0 Å². The van der Waals surface area contributed by atoms with Gasteiger partial charge >= 0.3 is 0 Å². The van der Waals surface area contributed by atoms with Crippen molar-refractivity contribution in [3.8, 4) is 0 Å². The molecule has 3 amide bonds. The Hall–Kier alpha value is -1.89. The summed E-state index contributed by atoms with van der Waals surface area (Å²) in [6.07, 6.45) is 2.55. The van der Waals surface area contributed by atoms with Gasteiger partial charge in [0.05, 0.1) is 0 Å². The highest BCUT2D eigenvalue weighted by Crippen LogP contribution is 2.32. The number of rotatable bonds is 3. The Morgan fingerprint density at radius 1 is 0.923 bits per heavy atom. The molecule has 0 radical (unpaired) electrons. The molecule has 7 heteroatoms. The van der Waals surface area contributed by atoms with Gasteiger partial charge in [-0.3, -0.25) is 14.4 Å². The molecule has 0 N–H and O–H groups in total. The van der Waals surface area contributed by atoms with Gasteiger partial charge in [-0.2, -0.15) is 0 Å². The highest BCUT2D eigenvalue weighted by atomic mass is 79.9. The maximum absolute atomic E-state index is 12.8. The molecule has 26 heavy (non-hydrogen) atoms. The molecular formula is C19H22BrN3O3. The average Bonchev–Trinajstić information content (AvgIpc) is 3.43. The summed E-state index contributed by atoms with van der Waals surface area (Å²) in [4.78, 5) is 43.1. The number of carbonyl (C=O) groups is 3. The van der Waals surface area contributed by atoms with Gasteiger partial charge in [0, 0.05) is 48.8 Å². The fourth-order valence-electron chi connectivity index (χ4n) is 3.77. The van der Waals surface area contributed by atoms with Gasteiger partial charge in [-0.05, 0) is 37.5 Å². The van der Waals surface area contributed by atoms with E-state index in [-0.39, 0.29) is 23.6 Å². The highest BCUT2D eigenvalue weighted by Gasteiger charge is 2.41. The van der Waals surface area contributed by atoms with Crippen LogP contribution in [0.15, 0.2) is 28.7 Å². The van der Waals surface area contributed by atoms with E-state index >= 15 is 0 Å². The van der Waals surface area contributed by atoms with Crippen LogP contribution in [0.5, 0.6) is 0 Å². The predicted octanol–water partition coefficient (Wildman–Crippen LogP) is 1.88. The number of carbonyl (C=O) groups excluding carboxylic acids is 3. The van der Waals surface area contributed by atoms with E-state index in [1.807, 2.05) is 29.2 Å². The molecule has 1 aromatic carbocycles. The molecule has 0 aromatic heterocycles. The van der Waals surface area contributed by atoms with E-state index in [0.29, 0.717) is 39.1 Å². The van der Waals surface area contributed by atoms with Crippen LogP contribution in [-0.2, 0) is 14.4 Å². The number of hydrogen-bond acceptors (Lipinski definition) is 3. The van der Waals surface area contributed by atoms with Crippen LogP contribution in [0.4, 0.5) is 5.69 Å². The Morgan fingerprint density at radius 3 is 2.19 bits per heavy atom. The highest BCUT2D eigenvalue weighted by molar-refractivity contribution is 9.10. The molecule has 138 valence electrons. The first-order valence-electron chi connectivity index (χ1n) is 9.19. The molecule has 1 unspecified atom stereocenters. The molecule has 0 spiro atoms. The second-order valence-electron chi connectivity index (χ2n) is 7.24. The van der Waals surface area contributed by atoms with E-state index in [1.54, 1.807) is 9.80 Å². The quantitative estimate of drug-likeness (QED) is 0.702. The number of hydrogen-bond donors (Lipinski definition) is 0. The van der Waals surface area contributed by atoms with Crippen LogP contribution >= 0.6 is 15.9 Å². The lowest BCUT2D eigenvalue weighted by Crippen LogP contribution is -2.53. The van der Waals surface area contributed by atoms with E-state index in [4.69, 9.17) is 0 Å². The van der Waals surface area contributed by atoms with Gasteiger partial charge in [0.25, 0.3) is 0 Å². The molecule has 2 saturated heterocycles. The molecule has 2 aliphatic heterocycles. The van der Waals surface area contributed by atoms with E-state index < -0.39 is 5.92 Å². The summed E-state index contributed by atoms with van der Waals surface area (Å²) in [5, 5.41) is 0. The lowest BCUT2D eigenvalue weighted by atomic mass is 10.1. The van der Waals surface area contributed by atoms with Crippen LogP contribution < -0.4 is 4.90 Å². The van der Waals surface area contributed by atoms with Crippen molar-refractivity contribution < 1.29 is 14.4 Å². The van der Waals surface area contributed by atoms with Gasteiger partial charge < -0.3 is 14.7 Å². The van der Waals surface area contributed by atoms with Crippen molar-refractivity contribution in [1.82, 2.24) is 9.80 Å². The summed E-state index contributed by atoms with van der Waals surface area (Å²) in [5.41, 5.74) is 0.819. The average molecular weight is 420 g/mol. The topological polar surface area (TPSA) is 60.9 Å². The minimum Gasteiger partial charge on any atom is -0.339 e. The van der Waals surface area contributed by atoms with Crippen molar-refractivity contribution >= 4 is 39.3 Å². The Balaban J connectivity index is 1.37. The maximum atomic E-state index is 12.8. The van der Waals surface area contributed by atoms with Crippen molar-refractivity contribution in [2.75, 3.05) is 37.6 Å². The molecule has 0 bridgehead atoms. The van der Waals surface area contributed by atoms with Crippen LogP contribution in [-0.4, -0.2) is 60.2 Å². The summed E-state index contributed by atoms with van der Waals surface area (Å²) in [6, 6.07) is 7.58. The molecule has 6 nitrogen and oxygen atoms in total. The van der Waals surface area contributed by atoms with Crippen molar-refractivity contribution in [3.05, 3.63) is 28.7 Å². The standard InChI is InChI=1S/C19H22BrN3O3/c20-14-2-1-3-15(12-14)23-7-6-16(19(23)26)18(25)22-10-8-21(9-11-22)17(24)13-4-5-13/h1-3,12-13,16H,4-11H2. The zero-order valence-electron chi connectivity index (χ0n) is 14.6. The van der Waals surface area contributed by atoms with Crippen molar-refractivity contribution in [2.24, 2.45) is 11.8 Å². The summed E-state index contributed by atoms with van der Waals surface area (Å²) in [7, 11) is 0. The lowest BCUT2D eigenvalue weighted by molar-refractivity contribution is -0.145. The van der Waals surface area contributed by atoms with Gasteiger partial charge in [-0.15, -0.1) is 0 Å². The Labute approximate surface area is 161 Å². The Morgan fingerprint density at radius 2 is 1.58 bits per heavy atom. The van der Waals surface area contributed by atoms with Crippen molar-refractivity contribution in [2.45, 2.75) is 19.3 Å². The van der Waals surface area contributed by atoms with Gasteiger partial charge in [0.15, 0.2) is 0 Å². The van der Waals surface area contributed by atoms with E-state index in [2.05, 4.69) is 15.9 Å². The number of amides is 3. The fourth-order valence-corrected chi connectivity index (χ4v) is 4.15. The van der Waals surface area contributed by atoms with Crippen LogP contribution in [0.3, 0.4) is 0 Å². The first-order chi connectivity index (χ1) is 12.5. The van der Waals surface area contributed by atoms with Crippen LogP contribution in [0.2, 0.25) is 0 Å².